The minimum Gasteiger partial charge on any atom is -0.456 e. The van der Waals surface area contributed by atoms with Gasteiger partial charge in [0.2, 0.25) is 0 Å². The van der Waals surface area contributed by atoms with Crippen molar-refractivity contribution in [3.8, 4) is 0 Å². The zero-order chi connectivity index (χ0) is 17.7. The van der Waals surface area contributed by atoms with Gasteiger partial charge in [0, 0.05) is 0 Å². The number of carbonyl (C=O) groups excluding carboxylic acids is 1. The molecule has 136 valence electrons. The van der Waals surface area contributed by atoms with Crippen LogP contribution in [-0.4, -0.2) is 51.0 Å². The van der Waals surface area contributed by atoms with Crippen LogP contribution >= 0.6 is 0 Å². The lowest BCUT2D eigenvalue weighted by atomic mass is 10.1. The first-order valence-corrected chi connectivity index (χ1v) is 9.17. The standard InChI is InChI=1S/C20H34NO3/c1-4-5-6-7-8-12-16-23-18-21(2,3)15-17-24-20(22)19-13-10-9-11-14-19/h9-11,13-14H,4-8,12,15-18H2,1-3H3/q+1. The van der Waals surface area contributed by atoms with E-state index in [-0.39, 0.29) is 5.97 Å². The number of quaternary nitrogens is 1. The highest BCUT2D eigenvalue weighted by Gasteiger charge is 2.16. The predicted molar refractivity (Wildman–Crippen MR) is 97.9 cm³/mol. The number of ether oxygens (including phenoxy) is 2. The molecule has 0 bridgehead atoms. The Bertz CT molecular complexity index is 445. The SMILES string of the molecule is CCCCCCCCOC[N+](C)(C)CCOC(=O)c1ccccc1. The first-order valence-electron chi connectivity index (χ1n) is 9.17. The average molecular weight is 336 g/mol. The summed E-state index contributed by atoms with van der Waals surface area (Å²) < 4.78 is 11.8. The molecule has 0 aliphatic carbocycles. The van der Waals surface area contributed by atoms with Crippen LogP contribution in [0, 0.1) is 0 Å². The molecule has 0 spiro atoms. The fourth-order valence-corrected chi connectivity index (χ4v) is 2.40. The van der Waals surface area contributed by atoms with Gasteiger partial charge in [-0.2, -0.15) is 0 Å². The van der Waals surface area contributed by atoms with Crippen LogP contribution in [0.4, 0.5) is 0 Å². The van der Waals surface area contributed by atoms with E-state index in [0.717, 1.165) is 19.6 Å². The third-order valence-corrected chi connectivity index (χ3v) is 4.02. The van der Waals surface area contributed by atoms with Crippen molar-refractivity contribution in [1.82, 2.24) is 0 Å². The molecule has 4 nitrogen and oxygen atoms in total. The second-order valence-electron chi connectivity index (χ2n) is 6.97. The van der Waals surface area contributed by atoms with Crippen LogP contribution in [-0.2, 0) is 9.47 Å². The van der Waals surface area contributed by atoms with Crippen molar-refractivity contribution in [2.24, 2.45) is 0 Å². The number of rotatable bonds is 13. The minimum absolute atomic E-state index is 0.261. The summed E-state index contributed by atoms with van der Waals surface area (Å²) in [5, 5.41) is 0. The molecule has 1 aromatic carbocycles. The van der Waals surface area contributed by atoms with Gasteiger partial charge in [0.25, 0.3) is 0 Å². The van der Waals surface area contributed by atoms with Crippen LogP contribution < -0.4 is 0 Å². The largest absolute Gasteiger partial charge is 0.456 e. The zero-order valence-corrected chi connectivity index (χ0v) is 15.6. The summed E-state index contributed by atoms with van der Waals surface area (Å²) in [5.74, 6) is -0.261. The second kappa shape index (κ2) is 12.0. The minimum atomic E-state index is -0.261. The van der Waals surface area contributed by atoms with Crippen molar-refractivity contribution < 1.29 is 18.8 Å². The highest BCUT2D eigenvalue weighted by atomic mass is 16.5. The van der Waals surface area contributed by atoms with Crippen molar-refractivity contribution in [3.05, 3.63) is 35.9 Å². The summed E-state index contributed by atoms with van der Waals surface area (Å²) >= 11 is 0. The van der Waals surface area contributed by atoms with Crippen molar-refractivity contribution in [1.29, 1.82) is 0 Å². The molecule has 0 N–H and O–H groups in total. The Morgan fingerprint density at radius 2 is 1.62 bits per heavy atom. The van der Waals surface area contributed by atoms with Gasteiger partial charge in [-0.1, -0.05) is 57.2 Å². The molecule has 0 radical (unpaired) electrons. The summed E-state index contributed by atoms with van der Waals surface area (Å²) in [4.78, 5) is 11.9. The molecule has 0 fully saturated rings. The number of unbranched alkanes of at least 4 members (excludes halogenated alkanes) is 5. The second-order valence-corrected chi connectivity index (χ2v) is 6.97. The third kappa shape index (κ3) is 9.68. The molecule has 0 saturated carbocycles. The van der Waals surface area contributed by atoms with Gasteiger partial charge in [0.05, 0.1) is 26.3 Å². The number of benzene rings is 1. The van der Waals surface area contributed by atoms with Crippen LogP contribution in [0.5, 0.6) is 0 Å². The van der Waals surface area contributed by atoms with Crippen LogP contribution in [0.3, 0.4) is 0 Å². The summed E-state index contributed by atoms with van der Waals surface area (Å²) in [6.07, 6.45) is 7.66. The topological polar surface area (TPSA) is 35.5 Å². The van der Waals surface area contributed by atoms with E-state index in [1.165, 1.54) is 32.1 Å². The maximum Gasteiger partial charge on any atom is 0.338 e. The number of hydrogen-bond donors (Lipinski definition) is 0. The van der Waals surface area contributed by atoms with E-state index in [9.17, 15) is 4.79 Å². The van der Waals surface area contributed by atoms with Gasteiger partial charge in [-0.25, -0.2) is 4.79 Å². The molecule has 0 unspecified atom stereocenters. The molecule has 0 aliphatic heterocycles. The van der Waals surface area contributed by atoms with Crippen LogP contribution in [0.2, 0.25) is 0 Å². The molecule has 1 aromatic rings. The van der Waals surface area contributed by atoms with Gasteiger partial charge in [0.15, 0.2) is 6.73 Å². The molecule has 0 amide bonds. The van der Waals surface area contributed by atoms with Gasteiger partial charge in [-0.3, -0.25) is 0 Å². The number of nitrogens with zero attached hydrogens (tertiary/aromatic N) is 1. The molecule has 0 atom stereocenters. The first-order chi connectivity index (χ1) is 11.5. The van der Waals surface area contributed by atoms with E-state index >= 15 is 0 Å². The van der Waals surface area contributed by atoms with Gasteiger partial charge in [-0.15, -0.1) is 0 Å². The van der Waals surface area contributed by atoms with E-state index in [4.69, 9.17) is 9.47 Å². The maximum atomic E-state index is 11.9. The van der Waals surface area contributed by atoms with Gasteiger partial charge < -0.3 is 14.0 Å². The molecule has 0 aromatic heterocycles. The number of esters is 1. The van der Waals surface area contributed by atoms with Crippen molar-refractivity contribution >= 4 is 5.97 Å². The van der Waals surface area contributed by atoms with Crippen LogP contribution in [0.15, 0.2) is 30.3 Å². The van der Waals surface area contributed by atoms with E-state index in [1.807, 2.05) is 18.2 Å². The highest BCUT2D eigenvalue weighted by Crippen LogP contribution is 2.06. The molecule has 0 heterocycles. The normalized spacial score (nSPS) is 11.5. The Labute approximate surface area is 147 Å². The number of carbonyl (C=O) groups is 1. The van der Waals surface area contributed by atoms with Crippen molar-refractivity contribution in [2.45, 2.75) is 45.4 Å². The lowest BCUT2D eigenvalue weighted by molar-refractivity contribution is -0.909. The van der Waals surface area contributed by atoms with Gasteiger partial charge in [0.1, 0.15) is 13.2 Å². The van der Waals surface area contributed by atoms with E-state index < -0.39 is 0 Å². The molecule has 24 heavy (non-hydrogen) atoms. The van der Waals surface area contributed by atoms with E-state index in [2.05, 4.69) is 21.0 Å². The molecular formula is C20H34NO3+. The smallest absolute Gasteiger partial charge is 0.338 e. The first kappa shape index (κ1) is 20.7. The summed E-state index contributed by atoms with van der Waals surface area (Å²) in [6, 6.07) is 9.11. The Morgan fingerprint density at radius 3 is 2.33 bits per heavy atom. The zero-order valence-electron chi connectivity index (χ0n) is 15.6. The average Bonchev–Trinajstić information content (AvgIpc) is 2.58. The monoisotopic (exact) mass is 336 g/mol. The summed E-state index contributed by atoms with van der Waals surface area (Å²) in [6.45, 7) is 4.85. The quantitative estimate of drug-likeness (QED) is 0.234. The number of hydrogen-bond acceptors (Lipinski definition) is 3. The summed E-state index contributed by atoms with van der Waals surface area (Å²) in [5.41, 5.74) is 0.599. The van der Waals surface area contributed by atoms with Crippen molar-refractivity contribution in [2.75, 3.05) is 40.6 Å². The molecule has 0 aliphatic rings. The Balaban J connectivity index is 2.08. The Morgan fingerprint density at radius 1 is 0.958 bits per heavy atom. The fourth-order valence-electron chi connectivity index (χ4n) is 2.40. The van der Waals surface area contributed by atoms with Gasteiger partial charge in [-0.05, 0) is 18.6 Å². The van der Waals surface area contributed by atoms with Crippen molar-refractivity contribution in [3.63, 3.8) is 0 Å². The molecule has 0 saturated heterocycles. The third-order valence-electron chi connectivity index (χ3n) is 4.02. The highest BCUT2D eigenvalue weighted by molar-refractivity contribution is 5.89. The lowest BCUT2D eigenvalue weighted by Gasteiger charge is -2.28. The molecular weight excluding hydrogens is 302 g/mol. The van der Waals surface area contributed by atoms with Crippen LogP contribution in [0.25, 0.3) is 0 Å². The number of likely N-dealkylation sites (N-methyl/N-ethyl adjacent to an activating group) is 1. The predicted octanol–water partition coefficient (Wildman–Crippen LogP) is 4.25. The van der Waals surface area contributed by atoms with E-state index in [1.54, 1.807) is 12.1 Å². The molecule has 1 rings (SSSR count). The maximum absolute atomic E-state index is 11.9. The van der Waals surface area contributed by atoms with Crippen LogP contribution in [0.1, 0.15) is 55.8 Å². The van der Waals surface area contributed by atoms with Gasteiger partial charge >= 0.3 is 5.97 Å². The summed E-state index contributed by atoms with van der Waals surface area (Å²) in [7, 11) is 4.19. The fraction of sp³-hybridized carbons (Fsp3) is 0.650. The Hall–Kier alpha value is -1.39. The Kier molecular flexibility index (Phi) is 10.4. The lowest BCUT2D eigenvalue weighted by Crippen LogP contribution is -2.44. The van der Waals surface area contributed by atoms with E-state index in [0.29, 0.717) is 23.4 Å². The molecule has 4 heteroatoms.